The van der Waals surface area contributed by atoms with Crippen LogP contribution in [-0.2, 0) is 35.5 Å². The largest absolute Gasteiger partial charge is 0.338 e. The number of hydrogen-bond donors (Lipinski definition) is 1. The number of benzene rings is 1. The van der Waals surface area contributed by atoms with Gasteiger partial charge >= 0.3 is 0 Å². The average molecular weight is 366 g/mol. The molecule has 27 heavy (non-hydrogen) atoms. The Balaban J connectivity index is 1.38. The van der Waals surface area contributed by atoms with Crippen molar-refractivity contribution in [3.63, 3.8) is 0 Å². The molecule has 2 amide bonds. The number of imidazole rings is 1. The molecule has 142 valence electrons. The fraction of sp³-hybridized carbons (Fsp3) is 0.476. The van der Waals surface area contributed by atoms with Crippen LogP contribution in [0.1, 0.15) is 43.1 Å². The van der Waals surface area contributed by atoms with Gasteiger partial charge in [-0.1, -0.05) is 31.2 Å². The molecule has 0 aliphatic carbocycles. The number of carbonyl (C=O) groups excluding carboxylic acids is 2. The lowest BCUT2D eigenvalue weighted by atomic mass is 10.1. The van der Waals surface area contributed by atoms with Crippen molar-refractivity contribution < 1.29 is 9.59 Å². The summed E-state index contributed by atoms with van der Waals surface area (Å²) < 4.78 is 2.09. The lowest BCUT2D eigenvalue weighted by molar-refractivity contribution is -0.128. The number of anilines is 1. The molecular formula is C21H26N4O2. The lowest BCUT2D eigenvalue weighted by Gasteiger charge is -2.18. The monoisotopic (exact) mass is 366 g/mol. The summed E-state index contributed by atoms with van der Waals surface area (Å²) in [6.07, 6.45) is 6.24. The second kappa shape index (κ2) is 7.55. The molecule has 6 heteroatoms. The van der Waals surface area contributed by atoms with Crippen molar-refractivity contribution in [3.8, 4) is 0 Å². The summed E-state index contributed by atoms with van der Waals surface area (Å²) in [7, 11) is 0. The van der Waals surface area contributed by atoms with Crippen LogP contribution in [0.4, 0.5) is 5.82 Å². The highest BCUT2D eigenvalue weighted by Gasteiger charge is 2.34. The minimum absolute atomic E-state index is 0.0463. The minimum Gasteiger partial charge on any atom is -0.338 e. The molecule has 0 spiro atoms. The van der Waals surface area contributed by atoms with Gasteiger partial charge in [-0.15, -0.1) is 0 Å². The van der Waals surface area contributed by atoms with Gasteiger partial charge in [-0.05, 0) is 30.4 Å². The van der Waals surface area contributed by atoms with E-state index in [2.05, 4.69) is 46.1 Å². The second-order valence-corrected chi connectivity index (χ2v) is 7.50. The summed E-state index contributed by atoms with van der Waals surface area (Å²) in [5, 5.41) is 2.99. The Bertz CT molecular complexity index is 840. The number of hydrogen-bond acceptors (Lipinski definition) is 3. The van der Waals surface area contributed by atoms with E-state index in [0.717, 1.165) is 49.4 Å². The van der Waals surface area contributed by atoms with E-state index in [4.69, 9.17) is 0 Å². The molecule has 1 aromatic carbocycles. The minimum atomic E-state index is -0.304. The van der Waals surface area contributed by atoms with E-state index in [-0.39, 0.29) is 24.2 Å². The molecule has 1 N–H and O–H groups in total. The number of rotatable bonds is 5. The number of aromatic nitrogens is 2. The fourth-order valence-corrected chi connectivity index (χ4v) is 3.95. The second-order valence-electron chi connectivity index (χ2n) is 7.50. The highest BCUT2D eigenvalue weighted by atomic mass is 16.2. The molecule has 2 aromatic rings. The van der Waals surface area contributed by atoms with E-state index in [1.165, 1.54) is 5.56 Å². The number of likely N-dealkylation sites (tertiary alicyclic amines) is 1. The van der Waals surface area contributed by atoms with Gasteiger partial charge in [0.25, 0.3) is 0 Å². The molecule has 0 radical (unpaired) electrons. The number of aryl methyl sites for hydroxylation is 2. The van der Waals surface area contributed by atoms with E-state index >= 15 is 0 Å². The van der Waals surface area contributed by atoms with Crippen LogP contribution in [-0.4, -0.2) is 32.8 Å². The zero-order valence-electron chi connectivity index (χ0n) is 15.8. The Hall–Kier alpha value is -2.63. The number of amides is 2. The van der Waals surface area contributed by atoms with Gasteiger partial charge in [-0.25, -0.2) is 4.98 Å². The van der Waals surface area contributed by atoms with Crippen molar-refractivity contribution in [1.82, 2.24) is 14.5 Å². The Labute approximate surface area is 159 Å². The molecule has 1 aromatic heterocycles. The zero-order valence-corrected chi connectivity index (χ0v) is 15.8. The van der Waals surface area contributed by atoms with Crippen molar-refractivity contribution in [1.29, 1.82) is 0 Å². The first-order valence-corrected chi connectivity index (χ1v) is 9.85. The fourth-order valence-electron chi connectivity index (χ4n) is 3.95. The molecule has 1 fully saturated rings. The molecule has 2 aliphatic heterocycles. The van der Waals surface area contributed by atoms with Crippen LogP contribution >= 0.6 is 0 Å². The van der Waals surface area contributed by atoms with Gasteiger partial charge < -0.3 is 14.8 Å². The van der Waals surface area contributed by atoms with Crippen molar-refractivity contribution in [2.45, 2.75) is 52.1 Å². The van der Waals surface area contributed by atoms with Gasteiger partial charge in [0.05, 0.1) is 12.1 Å². The molecule has 1 saturated heterocycles. The third kappa shape index (κ3) is 3.75. The van der Waals surface area contributed by atoms with Gasteiger partial charge in [0, 0.05) is 32.5 Å². The van der Waals surface area contributed by atoms with Crippen LogP contribution < -0.4 is 5.32 Å². The van der Waals surface area contributed by atoms with Gasteiger partial charge in [-0.2, -0.15) is 0 Å². The first kappa shape index (κ1) is 17.8. The molecule has 4 rings (SSSR count). The normalized spacial score (nSPS) is 19.2. The molecular weight excluding hydrogens is 340 g/mol. The van der Waals surface area contributed by atoms with Crippen molar-refractivity contribution >= 4 is 17.6 Å². The summed E-state index contributed by atoms with van der Waals surface area (Å²) >= 11 is 0. The summed E-state index contributed by atoms with van der Waals surface area (Å²) in [4.78, 5) is 31.3. The van der Waals surface area contributed by atoms with E-state index in [9.17, 15) is 9.59 Å². The number of nitrogens with one attached hydrogen (secondary N) is 1. The Morgan fingerprint density at radius 2 is 2.00 bits per heavy atom. The third-order valence-electron chi connectivity index (χ3n) is 5.61. The quantitative estimate of drug-likeness (QED) is 0.885. The molecule has 0 unspecified atom stereocenters. The number of carbonyl (C=O) groups is 2. The Morgan fingerprint density at radius 3 is 2.78 bits per heavy atom. The topological polar surface area (TPSA) is 67.2 Å². The van der Waals surface area contributed by atoms with E-state index in [1.54, 1.807) is 11.1 Å². The molecule has 1 atom stereocenters. The van der Waals surface area contributed by atoms with Gasteiger partial charge in [0.2, 0.25) is 11.8 Å². The van der Waals surface area contributed by atoms with Crippen molar-refractivity contribution in [3.05, 3.63) is 47.4 Å². The summed E-state index contributed by atoms with van der Waals surface area (Å²) in [6.45, 7) is 4.06. The summed E-state index contributed by atoms with van der Waals surface area (Å²) in [5.74, 6) is 1.46. The van der Waals surface area contributed by atoms with E-state index in [0.29, 0.717) is 13.1 Å². The lowest BCUT2D eigenvalue weighted by Crippen LogP contribution is -2.28. The highest BCUT2D eigenvalue weighted by Crippen LogP contribution is 2.24. The predicted octanol–water partition coefficient (Wildman–Crippen LogP) is 2.77. The molecule has 0 bridgehead atoms. The first-order chi connectivity index (χ1) is 13.1. The maximum Gasteiger partial charge on any atom is 0.230 e. The molecule has 6 nitrogen and oxygen atoms in total. The van der Waals surface area contributed by atoms with Crippen molar-refractivity contribution in [2.24, 2.45) is 5.92 Å². The summed E-state index contributed by atoms with van der Waals surface area (Å²) in [5.41, 5.74) is 2.39. The zero-order chi connectivity index (χ0) is 18.8. The average Bonchev–Trinajstić information content (AvgIpc) is 3.26. The van der Waals surface area contributed by atoms with Crippen LogP contribution in [0, 0.1) is 5.92 Å². The first-order valence-electron chi connectivity index (χ1n) is 9.85. The van der Waals surface area contributed by atoms with Crippen LogP contribution in [0.15, 0.2) is 30.5 Å². The number of nitrogens with zero attached hydrogens (tertiary/aromatic N) is 3. The predicted molar refractivity (Wildman–Crippen MR) is 103 cm³/mol. The summed E-state index contributed by atoms with van der Waals surface area (Å²) in [6, 6.07) is 8.34. The molecule has 0 saturated carbocycles. The van der Waals surface area contributed by atoms with Gasteiger partial charge in [0.15, 0.2) is 0 Å². The van der Waals surface area contributed by atoms with Crippen molar-refractivity contribution in [2.75, 3.05) is 11.9 Å². The Morgan fingerprint density at radius 1 is 1.22 bits per heavy atom. The van der Waals surface area contributed by atoms with E-state index in [1.807, 2.05) is 0 Å². The molecule has 3 heterocycles. The van der Waals surface area contributed by atoms with Crippen LogP contribution in [0.5, 0.6) is 0 Å². The third-order valence-corrected chi connectivity index (χ3v) is 5.61. The van der Waals surface area contributed by atoms with Gasteiger partial charge in [0.1, 0.15) is 11.6 Å². The number of fused-ring (bicyclic) bond motifs is 1. The maximum absolute atomic E-state index is 12.7. The van der Waals surface area contributed by atoms with Gasteiger partial charge in [-0.3, -0.25) is 9.59 Å². The standard InChI is InChI=1S/C21H26N4O2/c1-2-15-6-8-16(9-7-15)13-24-14-17(11-20(24)26)21(27)23-19-12-22-18-5-3-4-10-25(18)19/h6-9,12,17H,2-5,10-11,13-14H2,1H3,(H,23,27)/t17-/m0/s1. The Kier molecular flexibility index (Phi) is 4.97. The smallest absolute Gasteiger partial charge is 0.230 e. The van der Waals surface area contributed by atoms with E-state index < -0.39 is 0 Å². The van der Waals surface area contributed by atoms with Crippen LogP contribution in [0.3, 0.4) is 0 Å². The molecule has 2 aliphatic rings. The van der Waals surface area contributed by atoms with Crippen LogP contribution in [0.25, 0.3) is 0 Å². The maximum atomic E-state index is 12.7. The highest BCUT2D eigenvalue weighted by molar-refractivity contribution is 5.96. The SMILES string of the molecule is CCc1ccc(CN2C[C@@H](C(=O)Nc3cnc4n3CCCC4)CC2=O)cc1. The van der Waals surface area contributed by atoms with Crippen LogP contribution in [0.2, 0.25) is 0 Å².